The standard InChI is InChI=1S/C13H15F4NO2/c1-2-5-18(8-12(19)20)7-9-3-4-10(14)6-11(9)13(15,16)17/h3-4,6H,2,5,7-8H2,1H3,(H,19,20). The molecule has 0 amide bonds. The molecule has 0 bridgehead atoms. The van der Waals surface area contributed by atoms with E-state index in [4.69, 9.17) is 5.11 Å². The summed E-state index contributed by atoms with van der Waals surface area (Å²) in [5.74, 6) is -2.09. The molecule has 1 aromatic rings. The van der Waals surface area contributed by atoms with Gasteiger partial charge >= 0.3 is 12.1 Å². The summed E-state index contributed by atoms with van der Waals surface area (Å²) in [7, 11) is 0. The molecule has 0 spiro atoms. The fourth-order valence-corrected chi connectivity index (χ4v) is 1.91. The van der Waals surface area contributed by atoms with Crippen molar-refractivity contribution in [2.24, 2.45) is 0 Å². The fraction of sp³-hybridized carbons (Fsp3) is 0.462. The molecule has 1 aromatic carbocycles. The Bertz CT molecular complexity index is 474. The van der Waals surface area contributed by atoms with Crippen LogP contribution in [0.3, 0.4) is 0 Å². The molecular formula is C13H15F4NO2. The molecule has 0 saturated carbocycles. The molecule has 0 heterocycles. The molecule has 1 rings (SSSR count). The summed E-state index contributed by atoms with van der Waals surface area (Å²) in [5.41, 5.74) is -1.20. The van der Waals surface area contributed by atoms with Crippen LogP contribution in [0.2, 0.25) is 0 Å². The second-order valence-electron chi connectivity index (χ2n) is 4.40. The van der Waals surface area contributed by atoms with E-state index in [0.29, 0.717) is 19.0 Å². The highest BCUT2D eigenvalue weighted by atomic mass is 19.4. The summed E-state index contributed by atoms with van der Waals surface area (Å²) in [6.45, 7) is 1.60. The summed E-state index contributed by atoms with van der Waals surface area (Å²) in [6, 6.07) is 2.42. The van der Waals surface area contributed by atoms with E-state index in [1.165, 1.54) is 4.90 Å². The Morgan fingerprint density at radius 1 is 1.35 bits per heavy atom. The number of benzene rings is 1. The highest BCUT2D eigenvalue weighted by Crippen LogP contribution is 2.33. The van der Waals surface area contributed by atoms with Crippen LogP contribution in [-0.4, -0.2) is 29.1 Å². The van der Waals surface area contributed by atoms with Gasteiger partial charge in [0.25, 0.3) is 0 Å². The SMILES string of the molecule is CCCN(CC(=O)O)Cc1ccc(F)cc1C(F)(F)F. The summed E-state index contributed by atoms with van der Waals surface area (Å²) in [4.78, 5) is 12.1. The first-order valence-electron chi connectivity index (χ1n) is 6.03. The Morgan fingerprint density at radius 3 is 2.50 bits per heavy atom. The number of nitrogens with zero attached hydrogens (tertiary/aromatic N) is 1. The average molecular weight is 293 g/mol. The maximum absolute atomic E-state index is 13.0. The Hall–Kier alpha value is -1.63. The molecule has 0 unspecified atom stereocenters. The van der Waals surface area contributed by atoms with E-state index in [2.05, 4.69) is 0 Å². The molecule has 0 aliphatic carbocycles. The molecule has 0 aliphatic heterocycles. The smallest absolute Gasteiger partial charge is 0.416 e. The summed E-state index contributed by atoms with van der Waals surface area (Å²) >= 11 is 0. The Labute approximate surface area is 113 Å². The van der Waals surface area contributed by atoms with Crippen LogP contribution in [0.5, 0.6) is 0 Å². The van der Waals surface area contributed by atoms with E-state index >= 15 is 0 Å². The van der Waals surface area contributed by atoms with E-state index < -0.39 is 23.5 Å². The van der Waals surface area contributed by atoms with Gasteiger partial charge in [0.05, 0.1) is 12.1 Å². The molecule has 0 fully saturated rings. The van der Waals surface area contributed by atoms with Crippen LogP contribution < -0.4 is 0 Å². The van der Waals surface area contributed by atoms with Gasteiger partial charge in [0, 0.05) is 6.54 Å². The third-order valence-electron chi connectivity index (χ3n) is 2.67. The van der Waals surface area contributed by atoms with Crippen molar-refractivity contribution >= 4 is 5.97 Å². The number of carboxylic acid groups (broad SMARTS) is 1. The first-order chi connectivity index (χ1) is 9.24. The van der Waals surface area contributed by atoms with E-state index in [9.17, 15) is 22.4 Å². The minimum atomic E-state index is -4.67. The third-order valence-corrected chi connectivity index (χ3v) is 2.67. The number of carboxylic acids is 1. The first kappa shape index (κ1) is 16.4. The number of rotatable bonds is 6. The largest absolute Gasteiger partial charge is 0.480 e. The van der Waals surface area contributed by atoms with Crippen molar-refractivity contribution in [3.05, 3.63) is 35.1 Å². The Balaban J connectivity index is 3.02. The van der Waals surface area contributed by atoms with Gasteiger partial charge in [-0.25, -0.2) is 4.39 Å². The molecule has 0 aromatic heterocycles. The molecule has 20 heavy (non-hydrogen) atoms. The number of alkyl halides is 3. The van der Waals surface area contributed by atoms with E-state index in [0.717, 1.165) is 12.1 Å². The van der Waals surface area contributed by atoms with Crippen molar-refractivity contribution in [1.82, 2.24) is 4.90 Å². The van der Waals surface area contributed by atoms with Crippen LogP contribution in [0.25, 0.3) is 0 Å². The maximum Gasteiger partial charge on any atom is 0.416 e. The van der Waals surface area contributed by atoms with Crippen LogP contribution in [-0.2, 0) is 17.5 Å². The van der Waals surface area contributed by atoms with Crippen LogP contribution in [0.15, 0.2) is 18.2 Å². The molecule has 0 atom stereocenters. The number of hydrogen-bond acceptors (Lipinski definition) is 2. The van der Waals surface area contributed by atoms with E-state index in [-0.39, 0.29) is 18.7 Å². The molecule has 0 saturated heterocycles. The van der Waals surface area contributed by atoms with Gasteiger partial charge in [0.15, 0.2) is 0 Å². The lowest BCUT2D eigenvalue weighted by molar-refractivity contribution is -0.139. The predicted octanol–water partition coefficient (Wildman–Crippen LogP) is 3.14. The van der Waals surface area contributed by atoms with Crippen LogP contribution in [0.4, 0.5) is 17.6 Å². The monoisotopic (exact) mass is 293 g/mol. The first-order valence-corrected chi connectivity index (χ1v) is 6.03. The summed E-state index contributed by atoms with van der Waals surface area (Å²) in [6.07, 6.45) is -4.06. The quantitative estimate of drug-likeness (QED) is 0.819. The van der Waals surface area contributed by atoms with Crippen molar-refractivity contribution in [3.63, 3.8) is 0 Å². The van der Waals surface area contributed by atoms with Crippen LogP contribution in [0, 0.1) is 5.82 Å². The zero-order valence-corrected chi connectivity index (χ0v) is 10.9. The predicted molar refractivity (Wildman–Crippen MR) is 64.6 cm³/mol. The van der Waals surface area contributed by atoms with Gasteiger partial charge in [-0.1, -0.05) is 13.0 Å². The molecule has 1 N–H and O–H groups in total. The fourth-order valence-electron chi connectivity index (χ4n) is 1.91. The lowest BCUT2D eigenvalue weighted by atomic mass is 10.1. The van der Waals surface area contributed by atoms with Gasteiger partial charge in [-0.3, -0.25) is 9.69 Å². The topological polar surface area (TPSA) is 40.5 Å². The zero-order chi connectivity index (χ0) is 15.3. The third kappa shape index (κ3) is 4.80. The van der Waals surface area contributed by atoms with E-state index in [1.807, 2.05) is 0 Å². The van der Waals surface area contributed by atoms with Gasteiger partial charge in [0.2, 0.25) is 0 Å². The van der Waals surface area contributed by atoms with Crippen LogP contribution >= 0.6 is 0 Å². The zero-order valence-electron chi connectivity index (χ0n) is 10.9. The molecular weight excluding hydrogens is 278 g/mol. The van der Waals surface area contributed by atoms with Crippen molar-refractivity contribution < 1.29 is 27.5 Å². The van der Waals surface area contributed by atoms with Gasteiger partial charge < -0.3 is 5.11 Å². The molecule has 7 heteroatoms. The Kier molecular flexibility index (Phi) is 5.50. The van der Waals surface area contributed by atoms with Gasteiger partial charge in [0.1, 0.15) is 5.82 Å². The minimum absolute atomic E-state index is 0.131. The number of hydrogen-bond donors (Lipinski definition) is 1. The number of carbonyl (C=O) groups is 1. The van der Waals surface area contributed by atoms with Crippen molar-refractivity contribution in [3.8, 4) is 0 Å². The molecule has 0 aliphatic rings. The normalized spacial score (nSPS) is 11.9. The minimum Gasteiger partial charge on any atom is -0.480 e. The average Bonchev–Trinajstić information content (AvgIpc) is 2.29. The second-order valence-corrected chi connectivity index (χ2v) is 4.40. The lowest BCUT2D eigenvalue weighted by Crippen LogP contribution is -2.31. The van der Waals surface area contributed by atoms with Crippen molar-refractivity contribution in [2.75, 3.05) is 13.1 Å². The van der Waals surface area contributed by atoms with Gasteiger partial charge in [-0.15, -0.1) is 0 Å². The molecule has 3 nitrogen and oxygen atoms in total. The molecule has 0 radical (unpaired) electrons. The highest BCUT2D eigenvalue weighted by molar-refractivity contribution is 5.69. The molecule has 112 valence electrons. The van der Waals surface area contributed by atoms with Crippen molar-refractivity contribution in [2.45, 2.75) is 26.1 Å². The lowest BCUT2D eigenvalue weighted by Gasteiger charge is -2.22. The van der Waals surface area contributed by atoms with E-state index in [1.54, 1.807) is 6.92 Å². The summed E-state index contributed by atoms with van der Waals surface area (Å²) in [5, 5.41) is 8.74. The summed E-state index contributed by atoms with van der Waals surface area (Å²) < 4.78 is 51.4. The van der Waals surface area contributed by atoms with Gasteiger partial charge in [-0.2, -0.15) is 13.2 Å². The highest BCUT2D eigenvalue weighted by Gasteiger charge is 2.34. The number of aliphatic carboxylic acids is 1. The van der Waals surface area contributed by atoms with Crippen molar-refractivity contribution in [1.29, 1.82) is 0 Å². The van der Waals surface area contributed by atoms with Crippen LogP contribution in [0.1, 0.15) is 24.5 Å². The maximum atomic E-state index is 13.0. The van der Waals surface area contributed by atoms with Gasteiger partial charge in [-0.05, 0) is 30.7 Å². The Morgan fingerprint density at radius 2 is 2.00 bits per heavy atom. The number of halogens is 4. The second kappa shape index (κ2) is 6.69.